The molecular weight excluding hydrogens is 256 g/mol. The lowest BCUT2D eigenvalue weighted by molar-refractivity contribution is 0.0425. The van der Waals surface area contributed by atoms with Gasteiger partial charge in [0.05, 0.1) is 18.1 Å². The first-order valence-corrected chi connectivity index (χ1v) is 6.07. The molecule has 0 spiro atoms. The molecule has 0 aliphatic rings. The Morgan fingerprint density at radius 3 is 3.06 bits per heavy atom. The summed E-state index contributed by atoms with van der Waals surface area (Å²) in [6, 6.07) is 3.74. The second-order valence-corrected chi connectivity index (χ2v) is 4.31. The molecule has 0 saturated carbocycles. The van der Waals surface area contributed by atoms with Gasteiger partial charge in [-0.15, -0.1) is 16.4 Å². The zero-order chi connectivity index (χ0) is 13.0. The Kier molecular flexibility index (Phi) is 4.03. The molecule has 2 aromatic rings. The van der Waals surface area contributed by atoms with Crippen LogP contribution in [0, 0.1) is 0 Å². The standard InChI is InChI=1S/C10H12N4O3S/c11-8(16)9-12-10(7-2-1-5-18-7)14(13-9)6-17-4-3-15/h1-2,5,15H,3-4,6H2,(H2,11,16). The largest absolute Gasteiger partial charge is 0.394 e. The van der Waals surface area contributed by atoms with E-state index in [-0.39, 0.29) is 25.8 Å². The number of primary amides is 1. The lowest BCUT2D eigenvalue weighted by Crippen LogP contribution is -2.14. The van der Waals surface area contributed by atoms with Crippen molar-refractivity contribution in [2.24, 2.45) is 5.73 Å². The number of hydrogen-bond donors (Lipinski definition) is 2. The van der Waals surface area contributed by atoms with E-state index in [1.54, 1.807) is 0 Å². The number of carbonyl (C=O) groups excluding carboxylic acids is 1. The Labute approximate surface area is 107 Å². The molecule has 0 aliphatic heterocycles. The van der Waals surface area contributed by atoms with Gasteiger partial charge in [0.15, 0.2) is 5.82 Å². The highest BCUT2D eigenvalue weighted by Gasteiger charge is 2.15. The third kappa shape index (κ3) is 2.73. The highest BCUT2D eigenvalue weighted by Crippen LogP contribution is 2.22. The molecule has 1 amide bonds. The van der Waals surface area contributed by atoms with Crippen molar-refractivity contribution in [1.29, 1.82) is 0 Å². The van der Waals surface area contributed by atoms with E-state index in [2.05, 4.69) is 10.1 Å². The number of aromatic nitrogens is 3. The Morgan fingerprint density at radius 2 is 2.44 bits per heavy atom. The zero-order valence-electron chi connectivity index (χ0n) is 9.44. The molecule has 0 aromatic carbocycles. The van der Waals surface area contributed by atoms with Gasteiger partial charge in [-0.1, -0.05) is 6.07 Å². The van der Waals surface area contributed by atoms with Crippen molar-refractivity contribution in [3.05, 3.63) is 23.3 Å². The second-order valence-electron chi connectivity index (χ2n) is 3.36. The van der Waals surface area contributed by atoms with Gasteiger partial charge in [-0.25, -0.2) is 9.67 Å². The van der Waals surface area contributed by atoms with Crippen LogP contribution in [-0.2, 0) is 11.5 Å². The van der Waals surface area contributed by atoms with Crippen LogP contribution in [0.1, 0.15) is 10.6 Å². The fraction of sp³-hybridized carbons (Fsp3) is 0.300. The molecule has 3 N–H and O–H groups in total. The summed E-state index contributed by atoms with van der Waals surface area (Å²) in [4.78, 5) is 16.0. The first kappa shape index (κ1) is 12.7. The smallest absolute Gasteiger partial charge is 0.288 e. The maximum atomic E-state index is 11.1. The first-order chi connectivity index (χ1) is 8.72. The van der Waals surface area contributed by atoms with E-state index in [1.807, 2.05) is 17.5 Å². The Bertz CT molecular complexity index is 523. The monoisotopic (exact) mass is 268 g/mol. The molecule has 0 bridgehead atoms. The van der Waals surface area contributed by atoms with Crippen LogP contribution in [-0.4, -0.2) is 39.0 Å². The van der Waals surface area contributed by atoms with Gasteiger partial charge < -0.3 is 15.6 Å². The number of rotatable bonds is 6. The van der Waals surface area contributed by atoms with Crippen LogP contribution in [0.3, 0.4) is 0 Å². The topological polar surface area (TPSA) is 103 Å². The van der Waals surface area contributed by atoms with E-state index in [4.69, 9.17) is 15.6 Å². The third-order valence-electron chi connectivity index (χ3n) is 2.08. The summed E-state index contributed by atoms with van der Waals surface area (Å²) in [5.41, 5.74) is 5.15. The second kappa shape index (κ2) is 5.71. The predicted molar refractivity (Wildman–Crippen MR) is 64.9 cm³/mol. The minimum atomic E-state index is -0.686. The van der Waals surface area contributed by atoms with Crippen molar-refractivity contribution in [2.45, 2.75) is 6.73 Å². The van der Waals surface area contributed by atoms with E-state index < -0.39 is 5.91 Å². The van der Waals surface area contributed by atoms with Crippen molar-refractivity contribution in [1.82, 2.24) is 14.8 Å². The van der Waals surface area contributed by atoms with Crippen molar-refractivity contribution in [3.63, 3.8) is 0 Å². The van der Waals surface area contributed by atoms with Crippen molar-refractivity contribution in [2.75, 3.05) is 13.2 Å². The van der Waals surface area contributed by atoms with Crippen LogP contribution >= 0.6 is 11.3 Å². The highest BCUT2D eigenvalue weighted by molar-refractivity contribution is 7.13. The summed E-state index contributed by atoms with van der Waals surface area (Å²) in [6.07, 6.45) is 0. The summed E-state index contributed by atoms with van der Waals surface area (Å²) in [7, 11) is 0. The minimum Gasteiger partial charge on any atom is -0.394 e. The van der Waals surface area contributed by atoms with E-state index in [0.717, 1.165) is 4.88 Å². The lowest BCUT2D eigenvalue weighted by atomic mass is 10.4. The normalized spacial score (nSPS) is 10.7. The van der Waals surface area contributed by atoms with Crippen LogP contribution in [0.25, 0.3) is 10.7 Å². The molecule has 96 valence electrons. The molecule has 0 unspecified atom stereocenters. The van der Waals surface area contributed by atoms with E-state index in [9.17, 15) is 4.79 Å². The summed E-state index contributed by atoms with van der Waals surface area (Å²) in [5, 5.41) is 14.5. The molecule has 0 aliphatic carbocycles. The number of aliphatic hydroxyl groups excluding tert-OH is 1. The van der Waals surface area contributed by atoms with Gasteiger partial charge >= 0.3 is 0 Å². The molecular formula is C10H12N4O3S. The number of amides is 1. The van der Waals surface area contributed by atoms with Gasteiger partial charge in [-0.3, -0.25) is 4.79 Å². The molecule has 0 radical (unpaired) electrons. The van der Waals surface area contributed by atoms with Crippen LogP contribution in [0.2, 0.25) is 0 Å². The van der Waals surface area contributed by atoms with Gasteiger partial charge in [0.1, 0.15) is 6.73 Å². The van der Waals surface area contributed by atoms with Gasteiger partial charge in [0.2, 0.25) is 5.82 Å². The van der Waals surface area contributed by atoms with Gasteiger partial charge in [-0.2, -0.15) is 0 Å². The van der Waals surface area contributed by atoms with E-state index in [0.29, 0.717) is 5.82 Å². The molecule has 0 atom stereocenters. The maximum absolute atomic E-state index is 11.1. The van der Waals surface area contributed by atoms with Crippen molar-refractivity contribution < 1.29 is 14.6 Å². The van der Waals surface area contributed by atoms with E-state index in [1.165, 1.54) is 16.0 Å². The number of thiophene rings is 1. The summed E-state index contributed by atoms with van der Waals surface area (Å²) in [6.45, 7) is 0.218. The molecule has 0 saturated heterocycles. The van der Waals surface area contributed by atoms with Gasteiger partial charge in [0.25, 0.3) is 5.91 Å². The Morgan fingerprint density at radius 1 is 1.61 bits per heavy atom. The van der Waals surface area contributed by atoms with Crippen LogP contribution in [0.5, 0.6) is 0 Å². The van der Waals surface area contributed by atoms with Crippen LogP contribution in [0.15, 0.2) is 17.5 Å². The number of carbonyl (C=O) groups is 1. The highest BCUT2D eigenvalue weighted by atomic mass is 32.1. The Hall–Kier alpha value is -1.77. The minimum absolute atomic E-state index is 0.0500. The molecule has 0 fully saturated rings. The molecule has 18 heavy (non-hydrogen) atoms. The average Bonchev–Trinajstić information content (AvgIpc) is 2.97. The van der Waals surface area contributed by atoms with Gasteiger partial charge in [-0.05, 0) is 11.4 Å². The molecule has 2 rings (SSSR count). The summed E-state index contributed by atoms with van der Waals surface area (Å²) < 4.78 is 6.61. The van der Waals surface area contributed by atoms with Gasteiger partial charge in [0, 0.05) is 0 Å². The Balaban J connectivity index is 2.27. The molecule has 2 heterocycles. The SMILES string of the molecule is NC(=O)c1nc(-c2cccs2)n(COCCO)n1. The number of ether oxygens (including phenoxy) is 1. The lowest BCUT2D eigenvalue weighted by Gasteiger charge is -2.04. The number of aliphatic hydroxyl groups is 1. The first-order valence-electron chi connectivity index (χ1n) is 5.19. The number of nitrogens with zero attached hydrogens (tertiary/aromatic N) is 3. The predicted octanol–water partition coefficient (Wildman–Crippen LogP) is 0.0719. The molecule has 8 heteroatoms. The fourth-order valence-electron chi connectivity index (χ4n) is 1.34. The zero-order valence-corrected chi connectivity index (χ0v) is 10.3. The summed E-state index contributed by atoms with van der Waals surface area (Å²) >= 11 is 1.47. The third-order valence-corrected chi connectivity index (χ3v) is 2.95. The average molecular weight is 268 g/mol. The number of nitrogens with two attached hydrogens (primary N) is 1. The molecule has 2 aromatic heterocycles. The van der Waals surface area contributed by atoms with Crippen LogP contribution in [0.4, 0.5) is 0 Å². The van der Waals surface area contributed by atoms with Crippen molar-refractivity contribution in [3.8, 4) is 10.7 Å². The summed E-state index contributed by atoms with van der Waals surface area (Å²) in [5.74, 6) is -0.212. The van der Waals surface area contributed by atoms with E-state index >= 15 is 0 Å². The number of hydrogen-bond acceptors (Lipinski definition) is 6. The quantitative estimate of drug-likeness (QED) is 0.722. The fourth-order valence-corrected chi connectivity index (χ4v) is 2.06. The van der Waals surface area contributed by atoms with Crippen molar-refractivity contribution >= 4 is 17.2 Å². The van der Waals surface area contributed by atoms with Crippen LogP contribution < -0.4 is 5.73 Å². The maximum Gasteiger partial charge on any atom is 0.288 e. The molecule has 7 nitrogen and oxygen atoms in total.